The predicted molar refractivity (Wildman–Crippen MR) is 82.1 cm³/mol. The largest absolute Gasteiger partial charge is 0.481 e. The molecule has 2 heterocycles. The highest BCUT2D eigenvalue weighted by atomic mass is 32.1. The van der Waals surface area contributed by atoms with Crippen LogP contribution < -0.4 is 0 Å². The van der Waals surface area contributed by atoms with E-state index in [-0.39, 0.29) is 5.92 Å². The molecule has 20 heavy (non-hydrogen) atoms. The van der Waals surface area contributed by atoms with Crippen molar-refractivity contribution in [2.45, 2.75) is 32.4 Å². The van der Waals surface area contributed by atoms with E-state index >= 15 is 0 Å². The van der Waals surface area contributed by atoms with Crippen molar-refractivity contribution in [3.63, 3.8) is 0 Å². The molecule has 0 aliphatic carbocycles. The van der Waals surface area contributed by atoms with Crippen LogP contribution in [0.1, 0.15) is 25.3 Å². The van der Waals surface area contributed by atoms with Gasteiger partial charge in [0.25, 0.3) is 0 Å². The van der Waals surface area contributed by atoms with E-state index in [9.17, 15) is 9.90 Å². The van der Waals surface area contributed by atoms with Gasteiger partial charge in [0, 0.05) is 23.8 Å². The first-order valence-electron chi connectivity index (χ1n) is 7.07. The summed E-state index contributed by atoms with van der Waals surface area (Å²) in [5.74, 6) is -0.867. The maximum atomic E-state index is 11.2. The Morgan fingerprint density at radius 3 is 3.00 bits per heavy atom. The molecule has 3 rings (SSSR count). The van der Waals surface area contributed by atoms with Crippen molar-refractivity contribution in [3.8, 4) is 0 Å². The van der Waals surface area contributed by atoms with Gasteiger partial charge >= 0.3 is 5.97 Å². The van der Waals surface area contributed by atoms with E-state index < -0.39 is 5.97 Å². The molecular weight excluding hydrogens is 270 g/mol. The number of benzene rings is 1. The van der Waals surface area contributed by atoms with E-state index in [0.717, 1.165) is 19.4 Å². The van der Waals surface area contributed by atoms with E-state index in [1.807, 2.05) is 0 Å². The van der Waals surface area contributed by atoms with E-state index in [1.54, 1.807) is 11.3 Å². The van der Waals surface area contributed by atoms with Crippen molar-refractivity contribution in [2.24, 2.45) is 5.92 Å². The molecule has 0 amide bonds. The summed E-state index contributed by atoms with van der Waals surface area (Å²) in [6.07, 6.45) is 1.77. The van der Waals surface area contributed by atoms with Crippen molar-refractivity contribution in [3.05, 3.63) is 35.2 Å². The standard InChI is InChI=1S/C16H19NO2S/c1-11-6-7-12(16(18)19)8-17(11)9-13-10-20-15-5-3-2-4-14(13)15/h2-5,10-12H,6-9H2,1H3,(H,18,19). The van der Waals surface area contributed by atoms with Gasteiger partial charge in [-0.3, -0.25) is 9.69 Å². The number of aliphatic carboxylic acids is 1. The Hall–Kier alpha value is -1.39. The lowest BCUT2D eigenvalue weighted by Crippen LogP contribution is -2.43. The number of piperidine rings is 1. The molecule has 106 valence electrons. The lowest BCUT2D eigenvalue weighted by molar-refractivity contribution is -0.144. The second-order valence-electron chi connectivity index (χ2n) is 5.65. The summed E-state index contributed by atoms with van der Waals surface area (Å²) >= 11 is 1.77. The number of thiophene rings is 1. The number of fused-ring (bicyclic) bond motifs is 1. The van der Waals surface area contributed by atoms with Crippen molar-refractivity contribution < 1.29 is 9.90 Å². The topological polar surface area (TPSA) is 40.5 Å². The molecule has 2 atom stereocenters. The van der Waals surface area contributed by atoms with Crippen LogP contribution in [-0.4, -0.2) is 28.6 Å². The fraction of sp³-hybridized carbons (Fsp3) is 0.438. The average molecular weight is 289 g/mol. The molecule has 1 N–H and O–H groups in total. The van der Waals surface area contributed by atoms with E-state index in [1.165, 1.54) is 15.6 Å². The monoisotopic (exact) mass is 289 g/mol. The van der Waals surface area contributed by atoms with E-state index in [2.05, 4.69) is 41.5 Å². The molecule has 4 heteroatoms. The summed E-state index contributed by atoms with van der Waals surface area (Å²) in [7, 11) is 0. The summed E-state index contributed by atoms with van der Waals surface area (Å²) in [5.41, 5.74) is 1.32. The summed E-state index contributed by atoms with van der Waals surface area (Å²) in [4.78, 5) is 13.5. The van der Waals surface area contributed by atoms with Crippen LogP contribution in [0.4, 0.5) is 0 Å². The highest BCUT2D eigenvalue weighted by Gasteiger charge is 2.29. The molecule has 2 aromatic rings. The number of rotatable bonds is 3. The Labute approximate surface area is 122 Å². The minimum Gasteiger partial charge on any atom is -0.481 e. The van der Waals surface area contributed by atoms with Crippen LogP contribution in [0, 0.1) is 5.92 Å². The first-order chi connectivity index (χ1) is 9.65. The molecule has 1 aromatic heterocycles. The lowest BCUT2D eigenvalue weighted by Gasteiger charge is -2.36. The van der Waals surface area contributed by atoms with Crippen LogP contribution in [0.5, 0.6) is 0 Å². The molecule has 0 spiro atoms. The second-order valence-corrected chi connectivity index (χ2v) is 6.56. The van der Waals surface area contributed by atoms with Gasteiger partial charge in [0.05, 0.1) is 5.92 Å². The zero-order chi connectivity index (χ0) is 14.1. The quantitative estimate of drug-likeness (QED) is 0.938. The molecule has 1 aliphatic rings. The van der Waals surface area contributed by atoms with Gasteiger partial charge < -0.3 is 5.11 Å². The number of likely N-dealkylation sites (tertiary alicyclic amines) is 1. The van der Waals surface area contributed by atoms with E-state index in [4.69, 9.17) is 0 Å². The molecule has 1 aliphatic heterocycles. The second kappa shape index (κ2) is 5.54. The molecule has 0 saturated carbocycles. The Kier molecular flexibility index (Phi) is 3.76. The highest BCUT2D eigenvalue weighted by Crippen LogP contribution is 2.29. The number of nitrogens with zero attached hydrogens (tertiary/aromatic N) is 1. The maximum Gasteiger partial charge on any atom is 0.307 e. The maximum absolute atomic E-state index is 11.2. The summed E-state index contributed by atoms with van der Waals surface area (Å²) in [6.45, 7) is 3.72. The smallest absolute Gasteiger partial charge is 0.307 e. The third-order valence-electron chi connectivity index (χ3n) is 4.29. The highest BCUT2D eigenvalue weighted by molar-refractivity contribution is 7.17. The van der Waals surface area contributed by atoms with Gasteiger partial charge in [-0.15, -0.1) is 11.3 Å². The zero-order valence-corrected chi connectivity index (χ0v) is 12.4. The fourth-order valence-corrected chi connectivity index (χ4v) is 3.93. The molecule has 3 nitrogen and oxygen atoms in total. The van der Waals surface area contributed by atoms with Crippen molar-refractivity contribution in [2.75, 3.05) is 6.54 Å². The Morgan fingerprint density at radius 2 is 2.20 bits per heavy atom. The Bertz CT molecular complexity index is 622. The van der Waals surface area contributed by atoms with Crippen LogP contribution in [0.25, 0.3) is 10.1 Å². The van der Waals surface area contributed by atoms with Crippen LogP contribution in [0.3, 0.4) is 0 Å². The summed E-state index contributed by atoms with van der Waals surface area (Å²) in [6, 6.07) is 8.89. The van der Waals surface area contributed by atoms with Gasteiger partial charge in [-0.1, -0.05) is 18.2 Å². The predicted octanol–water partition coefficient (Wildman–Crippen LogP) is 3.59. The molecule has 0 bridgehead atoms. The lowest BCUT2D eigenvalue weighted by atomic mass is 9.93. The number of carbonyl (C=O) groups is 1. The van der Waals surface area contributed by atoms with Crippen LogP contribution in [0.15, 0.2) is 29.6 Å². The Balaban J connectivity index is 1.80. The fourth-order valence-electron chi connectivity index (χ4n) is 2.98. The number of carboxylic acid groups (broad SMARTS) is 1. The zero-order valence-electron chi connectivity index (χ0n) is 11.6. The van der Waals surface area contributed by atoms with E-state index in [0.29, 0.717) is 12.6 Å². The normalized spacial score (nSPS) is 24.1. The average Bonchev–Trinajstić information content (AvgIpc) is 2.84. The van der Waals surface area contributed by atoms with Gasteiger partial charge in [0.15, 0.2) is 0 Å². The van der Waals surface area contributed by atoms with Gasteiger partial charge in [-0.05, 0) is 42.2 Å². The molecule has 2 unspecified atom stereocenters. The third-order valence-corrected chi connectivity index (χ3v) is 5.31. The van der Waals surface area contributed by atoms with Gasteiger partial charge in [-0.25, -0.2) is 0 Å². The first kappa shape index (κ1) is 13.6. The minimum absolute atomic E-state index is 0.212. The first-order valence-corrected chi connectivity index (χ1v) is 7.95. The van der Waals surface area contributed by atoms with Crippen molar-refractivity contribution >= 4 is 27.4 Å². The third kappa shape index (κ3) is 2.58. The Morgan fingerprint density at radius 1 is 1.40 bits per heavy atom. The van der Waals surface area contributed by atoms with Crippen LogP contribution in [-0.2, 0) is 11.3 Å². The van der Waals surface area contributed by atoms with Crippen molar-refractivity contribution in [1.82, 2.24) is 4.90 Å². The molecule has 1 saturated heterocycles. The SMILES string of the molecule is CC1CCC(C(=O)O)CN1Cc1csc2ccccc12. The van der Waals surface area contributed by atoms with Crippen molar-refractivity contribution in [1.29, 1.82) is 0 Å². The molecule has 0 radical (unpaired) electrons. The van der Waals surface area contributed by atoms with Gasteiger partial charge in [0.2, 0.25) is 0 Å². The van der Waals surface area contributed by atoms with Gasteiger partial charge in [-0.2, -0.15) is 0 Å². The van der Waals surface area contributed by atoms with Crippen LogP contribution >= 0.6 is 11.3 Å². The molecular formula is C16H19NO2S. The van der Waals surface area contributed by atoms with Crippen LogP contribution in [0.2, 0.25) is 0 Å². The van der Waals surface area contributed by atoms with Gasteiger partial charge in [0.1, 0.15) is 0 Å². The number of hydrogen-bond donors (Lipinski definition) is 1. The number of carboxylic acids is 1. The summed E-state index contributed by atoms with van der Waals surface area (Å²) < 4.78 is 1.31. The minimum atomic E-state index is -0.655. The molecule has 1 fully saturated rings. The number of hydrogen-bond acceptors (Lipinski definition) is 3. The molecule has 1 aromatic carbocycles. The summed E-state index contributed by atoms with van der Waals surface area (Å²) in [5, 5.41) is 12.7.